The van der Waals surface area contributed by atoms with E-state index >= 15 is 0 Å². The maximum atomic E-state index is 12.4. The Balaban J connectivity index is 1.21. The zero-order chi connectivity index (χ0) is 26.5. The average Bonchev–Trinajstić information content (AvgIpc) is 3.37. The number of aliphatic hydroxyl groups excluding tert-OH is 1. The highest BCUT2D eigenvalue weighted by atomic mass is 16.3. The maximum absolute atomic E-state index is 12.4. The summed E-state index contributed by atoms with van der Waals surface area (Å²) in [7, 11) is 1.83. The van der Waals surface area contributed by atoms with Gasteiger partial charge in [-0.1, -0.05) is 0 Å². The van der Waals surface area contributed by atoms with Gasteiger partial charge in [0, 0.05) is 54.8 Å². The third kappa shape index (κ3) is 5.80. The summed E-state index contributed by atoms with van der Waals surface area (Å²) < 4.78 is 1.77. The lowest BCUT2D eigenvalue weighted by Crippen LogP contribution is -2.35. The lowest BCUT2D eigenvalue weighted by atomic mass is 10.1. The fourth-order valence-electron chi connectivity index (χ4n) is 4.55. The number of nitriles is 1. The first-order chi connectivity index (χ1) is 18.5. The quantitative estimate of drug-likeness (QED) is 0.260. The lowest BCUT2D eigenvalue weighted by molar-refractivity contribution is 0.101. The van der Waals surface area contributed by atoms with Gasteiger partial charge in [0.1, 0.15) is 11.8 Å². The fourth-order valence-corrected chi connectivity index (χ4v) is 4.55. The van der Waals surface area contributed by atoms with E-state index in [4.69, 9.17) is 0 Å². The highest BCUT2D eigenvalue weighted by molar-refractivity contribution is 6.03. The molecule has 1 fully saturated rings. The molecule has 0 spiro atoms. The lowest BCUT2D eigenvalue weighted by Gasteiger charge is -2.31. The van der Waals surface area contributed by atoms with Crippen molar-refractivity contribution in [2.24, 2.45) is 7.05 Å². The van der Waals surface area contributed by atoms with Crippen LogP contribution >= 0.6 is 0 Å². The molecule has 4 aromatic rings. The van der Waals surface area contributed by atoms with Gasteiger partial charge in [-0.15, -0.1) is 0 Å². The van der Waals surface area contributed by atoms with E-state index in [1.165, 1.54) is 0 Å². The van der Waals surface area contributed by atoms with Crippen LogP contribution in [0.15, 0.2) is 85.1 Å². The first-order valence-corrected chi connectivity index (χ1v) is 12.6. The molecule has 1 aliphatic rings. The summed E-state index contributed by atoms with van der Waals surface area (Å²) >= 11 is 0. The van der Waals surface area contributed by atoms with E-state index < -0.39 is 0 Å². The number of carbonyl (C=O) groups is 1. The number of rotatable bonds is 7. The van der Waals surface area contributed by atoms with Gasteiger partial charge in [-0.05, 0) is 91.7 Å². The average molecular weight is 507 g/mol. The summed E-state index contributed by atoms with van der Waals surface area (Å²) in [5, 5.41) is 29.0. The SMILES string of the molecule is Cn1cccc1C(=O)Nc1ccc(Nc2ccc(Nc3ccc(N4CCC(O)CC4)cc3)cc2C#N)cc1. The van der Waals surface area contributed by atoms with Crippen LogP contribution in [0.5, 0.6) is 0 Å². The molecule has 1 amide bonds. The normalized spacial score (nSPS) is 13.6. The Hall–Kier alpha value is -4.74. The molecular formula is C30H30N6O2. The standard InChI is InChI=1S/C30H30N6O2/c1-35-16-2-3-29(35)30(38)34-24-6-4-23(5-7-24)33-28-13-10-25(19-21(28)20-31)32-22-8-11-26(12-9-22)36-17-14-27(37)15-18-36/h2-13,16,19,27,32-33,37H,14-15,17-18H2,1H3,(H,34,38). The van der Waals surface area contributed by atoms with Crippen molar-refractivity contribution in [3.63, 3.8) is 0 Å². The van der Waals surface area contributed by atoms with E-state index in [0.717, 1.165) is 48.7 Å². The highest BCUT2D eigenvalue weighted by Gasteiger charge is 2.17. The Morgan fingerprint density at radius 3 is 2.18 bits per heavy atom. The molecule has 1 saturated heterocycles. The molecule has 192 valence electrons. The number of benzene rings is 3. The number of hydrogen-bond acceptors (Lipinski definition) is 6. The number of aromatic nitrogens is 1. The van der Waals surface area contributed by atoms with Gasteiger partial charge >= 0.3 is 0 Å². The highest BCUT2D eigenvalue weighted by Crippen LogP contribution is 2.28. The van der Waals surface area contributed by atoms with Gasteiger partial charge in [-0.2, -0.15) is 5.26 Å². The second kappa shape index (κ2) is 11.1. The third-order valence-corrected chi connectivity index (χ3v) is 6.72. The van der Waals surface area contributed by atoms with Crippen molar-refractivity contribution in [2.45, 2.75) is 18.9 Å². The van der Waals surface area contributed by atoms with Gasteiger partial charge < -0.3 is 30.5 Å². The molecule has 1 aromatic heterocycles. The topological polar surface area (TPSA) is 105 Å². The number of nitrogens with zero attached hydrogens (tertiary/aromatic N) is 3. The molecule has 38 heavy (non-hydrogen) atoms. The van der Waals surface area contributed by atoms with Crippen molar-refractivity contribution in [3.8, 4) is 6.07 Å². The van der Waals surface area contributed by atoms with E-state index in [9.17, 15) is 15.2 Å². The minimum Gasteiger partial charge on any atom is -0.393 e. The van der Waals surface area contributed by atoms with Crippen molar-refractivity contribution < 1.29 is 9.90 Å². The summed E-state index contributed by atoms with van der Waals surface area (Å²) in [6.45, 7) is 1.72. The molecule has 0 unspecified atom stereocenters. The van der Waals surface area contributed by atoms with Crippen LogP contribution in [0.25, 0.3) is 0 Å². The van der Waals surface area contributed by atoms with Crippen LogP contribution in [0.1, 0.15) is 28.9 Å². The number of aliphatic hydroxyl groups is 1. The smallest absolute Gasteiger partial charge is 0.272 e. The van der Waals surface area contributed by atoms with Crippen molar-refractivity contribution in [2.75, 3.05) is 33.9 Å². The Bertz CT molecular complexity index is 1450. The molecule has 1 aliphatic heterocycles. The molecule has 0 bridgehead atoms. The summed E-state index contributed by atoms with van der Waals surface area (Å²) in [5.74, 6) is -0.172. The van der Waals surface area contributed by atoms with Gasteiger partial charge in [0.05, 0.1) is 17.4 Å². The van der Waals surface area contributed by atoms with Gasteiger partial charge in [-0.25, -0.2) is 0 Å². The molecule has 8 nitrogen and oxygen atoms in total. The van der Waals surface area contributed by atoms with E-state index in [1.54, 1.807) is 10.6 Å². The summed E-state index contributed by atoms with van der Waals surface area (Å²) in [6, 6.07) is 27.0. The summed E-state index contributed by atoms with van der Waals surface area (Å²) in [4.78, 5) is 14.7. The van der Waals surface area contributed by atoms with Crippen molar-refractivity contribution in [3.05, 3.63) is 96.3 Å². The Kier molecular flexibility index (Phi) is 7.29. The van der Waals surface area contributed by atoms with Gasteiger partial charge in [0.2, 0.25) is 0 Å². The minimum atomic E-state index is -0.189. The Morgan fingerprint density at radius 2 is 1.53 bits per heavy atom. The number of aryl methyl sites for hydroxylation is 1. The van der Waals surface area contributed by atoms with E-state index in [1.807, 2.05) is 73.9 Å². The van der Waals surface area contributed by atoms with Crippen LogP contribution in [-0.2, 0) is 7.05 Å². The third-order valence-electron chi connectivity index (χ3n) is 6.72. The van der Waals surface area contributed by atoms with E-state index in [-0.39, 0.29) is 12.0 Å². The molecule has 2 heterocycles. The first kappa shape index (κ1) is 24.9. The molecule has 8 heteroatoms. The number of hydrogen-bond donors (Lipinski definition) is 4. The van der Waals surface area contributed by atoms with Crippen LogP contribution in [0, 0.1) is 11.3 Å². The molecule has 4 N–H and O–H groups in total. The molecule has 0 atom stereocenters. The molecule has 0 radical (unpaired) electrons. The number of carbonyl (C=O) groups excluding carboxylic acids is 1. The molecular weight excluding hydrogens is 476 g/mol. The van der Waals surface area contributed by atoms with E-state index in [2.05, 4.69) is 39.1 Å². The molecule has 5 rings (SSSR count). The van der Waals surface area contributed by atoms with Gasteiger partial charge in [0.15, 0.2) is 0 Å². The van der Waals surface area contributed by atoms with Crippen molar-refractivity contribution >= 4 is 40.0 Å². The Morgan fingerprint density at radius 1 is 0.895 bits per heavy atom. The monoisotopic (exact) mass is 506 g/mol. The number of amides is 1. The maximum Gasteiger partial charge on any atom is 0.272 e. The summed E-state index contributed by atoms with van der Waals surface area (Å²) in [5.41, 5.74) is 6.18. The van der Waals surface area contributed by atoms with E-state index in [0.29, 0.717) is 22.6 Å². The van der Waals surface area contributed by atoms with Gasteiger partial charge in [0.25, 0.3) is 5.91 Å². The predicted molar refractivity (Wildman–Crippen MR) is 151 cm³/mol. The summed E-state index contributed by atoms with van der Waals surface area (Å²) in [6.07, 6.45) is 3.23. The Labute approximate surface area is 222 Å². The predicted octanol–water partition coefficient (Wildman–Crippen LogP) is 5.60. The van der Waals surface area contributed by atoms with Crippen LogP contribution < -0.4 is 20.9 Å². The molecule has 3 aromatic carbocycles. The fraction of sp³-hybridized carbons (Fsp3) is 0.200. The minimum absolute atomic E-state index is 0.172. The second-order valence-corrected chi connectivity index (χ2v) is 9.42. The number of piperidine rings is 1. The van der Waals surface area contributed by atoms with Crippen molar-refractivity contribution in [1.82, 2.24) is 4.57 Å². The van der Waals surface area contributed by atoms with Crippen molar-refractivity contribution in [1.29, 1.82) is 5.26 Å². The second-order valence-electron chi connectivity index (χ2n) is 9.42. The molecule has 0 aliphatic carbocycles. The van der Waals surface area contributed by atoms with Crippen LogP contribution in [0.3, 0.4) is 0 Å². The largest absolute Gasteiger partial charge is 0.393 e. The first-order valence-electron chi connectivity index (χ1n) is 12.6. The zero-order valence-corrected chi connectivity index (χ0v) is 21.2. The number of anilines is 6. The van der Waals surface area contributed by atoms with Crippen LogP contribution in [0.4, 0.5) is 34.1 Å². The van der Waals surface area contributed by atoms with Crippen LogP contribution in [-0.4, -0.2) is 34.8 Å². The van der Waals surface area contributed by atoms with Crippen LogP contribution in [0.2, 0.25) is 0 Å². The molecule has 0 saturated carbocycles. The van der Waals surface area contributed by atoms with Gasteiger partial charge in [-0.3, -0.25) is 4.79 Å². The number of nitrogens with one attached hydrogen (secondary N) is 3. The zero-order valence-electron chi connectivity index (χ0n) is 21.2.